The summed E-state index contributed by atoms with van der Waals surface area (Å²) in [5.74, 6) is 0.466. The number of hydrogen-bond donors (Lipinski definition) is 1. The lowest BCUT2D eigenvalue weighted by Crippen LogP contribution is -2.44. The zero-order chi connectivity index (χ0) is 19.7. The van der Waals surface area contributed by atoms with E-state index in [1.54, 1.807) is 36.5 Å². The molecular weight excluding hydrogens is 378 g/mol. The van der Waals surface area contributed by atoms with Crippen LogP contribution in [0.2, 0.25) is 5.02 Å². The standard InChI is InChI=1S/C21H18ClN3O3/c1-2-28-20-6-3-12(11-23-20)18-10-17(21(27)24-14-8-15(26)9-14)16-5-4-13(22)7-19(16)25-18/h3-7,10-11,14H,2,8-9H2,1H3,(H,24,27). The van der Waals surface area contributed by atoms with Gasteiger partial charge in [-0.25, -0.2) is 9.97 Å². The Kier molecular flexibility index (Phi) is 4.96. The molecule has 28 heavy (non-hydrogen) atoms. The Labute approximate surface area is 166 Å². The van der Waals surface area contributed by atoms with Gasteiger partial charge in [0.1, 0.15) is 5.78 Å². The number of nitrogens with zero attached hydrogens (tertiary/aromatic N) is 2. The Hall–Kier alpha value is -2.99. The molecule has 0 unspecified atom stereocenters. The molecule has 142 valence electrons. The maximum absolute atomic E-state index is 12.9. The number of carbonyl (C=O) groups excluding carboxylic acids is 2. The van der Waals surface area contributed by atoms with Crippen LogP contribution >= 0.6 is 11.6 Å². The van der Waals surface area contributed by atoms with Crippen LogP contribution in [-0.2, 0) is 4.79 Å². The third-order valence-electron chi connectivity index (χ3n) is 4.62. The van der Waals surface area contributed by atoms with E-state index in [2.05, 4.69) is 15.3 Å². The van der Waals surface area contributed by atoms with E-state index in [-0.39, 0.29) is 17.7 Å². The van der Waals surface area contributed by atoms with Gasteiger partial charge in [0, 0.05) is 47.1 Å². The van der Waals surface area contributed by atoms with Gasteiger partial charge in [-0.05, 0) is 31.2 Å². The van der Waals surface area contributed by atoms with Gasteiger partial charge in [0.25, 0.3) is 5.91 Å². The fourth-order valence-electron chi connectivity index (χ4n) is 3.16. The maximum Gasteiger partial charge on any atom is 0.252 e. The lowest BCUT2D eigenvalue weighted by molar-refractivity contribution is -0.124. The van der Waals surface area contributed by atoms with Crippen molar-refractivity contribution in [3.63, 3.8) is 0 Å². The van der Waals surface area contributed by atoms with E-state index in [9.17, 15) is 9.59 Å². The summed E-state index contributed by atoms with van der Waals surface area (Å²) in [6.45, 7) is 2.43. The number of carbonyl (C=O) groups is 2. The molecule has 3 aromatic rings. The number of pyridine rings is 2. The first-order chi connectivity index (χ1) is 13.5. The van der Waals surface area contributed by atoms with Crippen molar-refractivity contribution in [3.8, 4) is 17.1 Å². The minimum Gasteiger partial charge on any atom is -0.478 e. The maximum atomic E-state index is 12.9. The zero-order valence-electron chi connectivity index (χ0n) is 15.2. The molecule has 4 rings (SSSR count). The smallest absolute Gasteiger partial charge is 0.252 e. The number of rotatable bonds is 5. The molecule has 1 amide bonds. The Morgan fingerprint density at radius 2 is 2.07 bits per heavy atom. The third kappa shape index (κ3) is 3.68. The Morgan fingerprint density at radius 3 is 2.75 bits per heavy atom. The number of fused-ring (bicyclic) bond motifs is 1. The normalized spacial score (nSPS) is 14.0. The molecule has 0 saturated heterocycles. The Balaban J connectivity index is 1.74. The van der Waals surface area contributed by atoms with Crippen LogP contribution in [0.4, 0.5) is 0 Å². The van der Waals surface area contributed by atoms with E-state index < -0.39 is 0 Å². The average Bonchev–Trinajstić information content (AvgIpc) is 2.66. The van der Waals surface area contributed by atoms with Crippen LogP contribution in [-0.4, -0.2) is 34.3 Å². The molecule has 1 aromatic carbocycles. The molecule has 7 heteroatoms. The molecule has 0 radical (unpaired) electrons. The molecule has 2 aromatic heterocycles. The van der Waals surface area contributed by atoms with Gasteiger partial charge in [-0.3, -0.25) is 9.59 Å². The van der Waals surface area contributed by atoms with E-state index in [1.807, 2.05) is 13.0 Å². The summed E-state index contributed by atoms with van der Waals surface area (Å²) < 4.78 is 5.38. The summed E-state index contributed by atoms with van der Waals surface area (Å²) in [6, 6.07) is 10.5. The second kappa shape index (κ2) is 7.56. The fraction of sp³-hybridized carbons (Fsp3) is 0.238. The molecule has 0 bridgehead atoms. The molecule has 1 aliphatic carbocycles. The zero-order valence-corrected chi connectivity index (χ0v) is 16.0. The summed E-state index contributed by atoms with van der Waals surface area (Å²) in [5.41, 5.74) is 2.48. The van der Waals surface area contributed by atoms with E-state index >= 15 is 0 Å². The van der Waals surface area contributed by atoms with Crippen LogP contribution < -0.4 is 10.1 Å². The number of ketones is 1. The van der Waals surface area contributed by atoms with Crippen molar-refractivity contribution in [3.05, 3.63) is 53.2 Å². The number of aromatic nitrogens is 2. The van der Waals surface area contributed by atoms with E-state index in [1.165, 1.54) is 0 Å². The number of hydrogen-bond acceptors (Lipinski definition) is 5. The Morgan fingerprint density at radius 1 is 1.25 bits per heavy atom. The number of amides is 1. The summed E-state index contributed by atoms with van der Waals surface area (Å²) in [4.78, 5) is 33.0. The summed E-state index contributed by atoms with van der Waals surface area (Å²) in [6.07, 6.45) is 2.43. The van der Waals surface area contributed by atoms with E-state index in [0.717, 1.165) is 5.56 Å². The molecule has 1 aliphatic rings. The topological polar surface area (TPSA) is 81.2 Å². The highest BCUT2D eigenvalue weighted by Crippen LogP contribution is 2.28. The van der Waals surface area contributed by atoms with Crippen LogP contribution in [0.1, 0.15) is 30.1 Å². The molecule has 6 nitrogen and oxygen atoms in total. The van der Waals surface area contributed by atoms with Crippen molar-refractivity contribution in [2.75, 3.05) is 6.61 Å². The van der Waals surface area contributed by atoms with Gasteiger partial charge in [0.2, 0.25) is 5.88 Å². The largest absolute Gasteiger partial charge is 0.478 e. The fourth-order valence-corrected chi connectivity index (χ4v) is 3.32. The highest BCUT2D eigenvalue weighted by Gasteiger charge is 2.28. The number of halogens is 1. The second-order valence-electron chi connectivity index (χ2n) is 6.65. The van der Waals surface area contributed by atoms with Crippen molar-refractivity contribution in [2.45, 2.75) is 25.8 Å². The predicted molar refractivity (Wildman–Crippen MR) is 107 cm³/mol. The minimum absolute atomic E-state index is 0.105. The van der Waals surface area contributed by atoms with Crippen LogP contribution in [0.25, 0.3) is 22.2 Å². The van der Waals surface area contributed by atoms with Crippen LogP contribution in [0.15, 0.2) is 42.6 Å². The first-order valence-corrected chi connectivity index (χ1v) is 9.43. The highest BCUT2D eigenvalue weighted by atomic mass is 35.5. The van der Waals surface area contributed by atoms with Crippen molar-refractivity contribution >= 4 is 34.2 Å². The van der Waals surface area contributed by atoms with Crippen molar-refractivity contribution in [2.24, 2.45) is 0 Å². The van der Waals surface area contributed by atoms with Crippen molar-refractivity contribution < 1.29 is 14.3 Å². The molecule has 0 spiro atoms. The second-order valence-corrected chi connectivity index (χ2v) is 7.09. The summed E-state index contributed by atoms with van der Waals surface area (Å²) in [5, 5.41) is 4.16. The number of ether oxygens (including phenoxy) is 1. The lowest BCUT2D eigenvalue weighted by atomic mass is 9.91. The van der Waals surface area contributed by atoms with Gasteiger partial charge >= 0.3 is 0 Å². The predicted octanol–water partition coefficient (Wildman–Crippen LogP) is 3.81. The molecule has 0 atom stereocenters. The summed E-state index contributed by atoms with van der Waals surface area (Å²) >= 11 is 6.13. The number of nitrogens with one attached hydrogen (secondary N) is 1. The van der Waals surface area contributed by atoms with Crippen LogP contribution in [0, 0.1) is 0 Å². The van der Waals surface area contributed by atoms with Gasteiger partial charge in [0.15, 0.2) is 0 Å². The Bertz CT molecular complexity index is 1060. The van der Waals surface area contributed by atoms with Gasteiger partial charge in [-0.1, -0.05) is 17.7 Å². The monoisotopic (exact) mass is 395 g/mol. The molecule has 1 saturated carbocycles. The van der Waals surface area contributed by atoms with E-state index in [0.29, 0.717) is 52.5 Å². The van der Waals surface area contributed by atoms with Crippen LogP contribution in [0.5, 0.6) is 5.88 Å². The van der Waals surface area contributed by atoms with Gasteiger partial charge in [0.05, 0.1) is 23.4 Å². The van der Waals surface area contributed by atoms with Gasteiger partial charge in [-0.2, -0.15) is 0 Å². The molecule has 2 heterocycles. The van der Waals surface area contributed by atoms with Crippen LogP contribution in [0.3, 0.4) is 0 Å². The third-order valence-corrected chi connectivity index (χ3v) is 4.86. The van der Waals surface area contributed by atoms with Crippen molar-refractivity contribution in [1.82, 2.24) is 15.3 Å². The number of Topliss-reactive ketones (excluding diaryl/α,β-unsaturated/α-hetero) is 1. The van der Waals surface area contributed by atoms with Gasteiger partial charge in [-0.15, -0.1) is 0 Å². The minimum atomic E-state index is -0.229. The average molecular weight is 396 g/mol. The molecular formula is C21H18ClN3O3. The molecule has 1 N–H and O–H groups in total. The SMILES string of the molecule is CCOc1ccc(-c2cc(C(=O)NC3CC(=O)C3)c3ccc(Cl)cc3n2)cn1. The first-order valence-electron chi connectivity index (χ1n) is 9.05. The van der Waals surface area contributed by atoms with Gasteiger partial charge < -0.3 is 10.1 Å². The highest BCUT2D eigenvalue weighted by molar-refractivity contribution is 6.31. The molecule has 1 fully saturated rings. The van der Waals surface area contributed by atoms with Crippen molar-refractivity contribution in [1.29, 1.82) is 0 Å². The summed E-state index contributed by atoms with van der Waals surface area (Å²) in [7, 11) is 0. The first kappa shape index (κ1) is 18.4. The number of benzene rings is 1. The quantitative estimate of drug-likeness (QED) is 0.710. The lowest BCUT2D eigenvalue weighted by Gasteiger charge is -2.25. The van der Waals surface area contributed by atoms with E-state index in [4.69, 9.17) is 16.3 Å². The molecule has 0 aliphatic heterocycles.